The van der Waals surface area contributed by atoms with Gasteiger partial charge in [-0.25, -0.2) is 4.98 Å². The molecule has 0 radical (unpaired) electrons. The van der Waals surface area contributed by atoms with Crippen LogP contribution in [0.25, 0.3) is 0 Å². The molecule has 0 aliphatic rings. The Bertz CT molecular complexity index is 659. The van der Waals surface area contributed by atoms with E-state index in [0.717, 1.165) is 5.69 Å². The molecule has 0 fully saturated rings. The van der Waals surface area contributed by atoms with Crippen LogP contribution in [0.15, 0.2) is 41.5 Å². The van der Waals surface area contributed by atoms with Gasteiger partial charge in [0.2, 0.25) is 0 Å². The van der Waals surface area contributed by atoms with Crippen LogP contribution in [0, 0.1) is 0 Å². The first-order valence-electron chi connectivity index (χ1n) is 5.93. The summed E-state index contributed by atoms with van der Waals surface area (Å²) in [7, 11) is 0. The maximum atomic E-state index is 11.6. The number of nitrogens with zero attached hydrogens (tertiary/aromatic N) is 2. The van der Waals surface area contributed by atoms with Gasteiger partial charge in [-0.05, 0) is 12.1 Å². The van der Waals surface area contributed by atoms with Crippen LogP contribution in [-0.4, -0.2) is 21.5 Å². The molecule has 0 spiro atoms. The van der Waals surface area contributed by atoms with Gasteiger partial charge in [0, 0.05) is 18.7 Å². The highest BCUT2D eigenvalue weighted by Gasteiger charge is 2.16. The number of hydrogen-bond acceptors (Lipinski definition) is 4. The number of nitrogens with one attached hydrogen (secondary N) is 1. The van der Waals surface area contributed by atoms with E-state index in [0.29, 0.717) is 23.8 Å². The maximum Gasteiger partial charge on any atom is 0.271 e. The number of hydrogen-bond donors (Lipinski definition) is 2. The number of anilines is 2. The SMILES string of the molecule is NC(=S)CCN(c1ccccc1)c1nc[nH]c(=O)c1Cl. The third-order valence-corrected chi connectivity index (χ3v) is 3.23. The van der Waals surface area contributed by atoms with Crippen molar-refractivity contribution in [1.29, 1.82) is 0 Å². The molecule has 2 aromatic rings. The lowest BCUT2D eigenvalue weighted by Crippen LogP contribution is -2.26. The number of para-hydroxylation sites is 1. The van der Waals surface area contributed by atoms with E-state index in [1.807, 2.05) is 35.2 Å². The Balaban J connectivity index is 2.43. The zero-order valence-corrected chi connectivity index (χ0v) is 12.1. The largest absolute Gasteiger partial charge is 0.393 e. The van der Waals surface area contributed by atoms with Gasteiger partial charge in [0.15, 0.2) is 5.82 Å². The van der Waals surface area contributed by atoms with E-state index in [2.05, 4.69) is 9.97 Å². The van der Waals surface area contributed by atoms with Crippen molar-refractivity contribution in [2.75, 3.05) is 11.4 Å². The molecule has 1 aromatic carbocycles. The fraction of sp³-hybridized carbons (Fsp3) is 0.154. The molecule has 20 heavy (non-hydrogen) atoms. The smallest absolute Gasteiger partial charge is 0.271 e. The second kappa shape index (κ2) is 6.49. The van der Waals surface area contributed by atoms with Crippen LogP contribution in [0.1, 0.15) is 6.42 Å². The number of halogens is 1. The minimum Gasteiger partial charge on any atom is -0.393 e. The molecule has 3 N–H and O–H groups in total. The molecule has 104 valence electrons. The maximum absolute atomic E-state index is 11.6. The minimum absolute atomic E-state index is 0.0410. The fourth-order valence-corrected chi connectivity index (χ4v) is 2.05. The van der Waals surface area contributed by atoms with Gasteiger partial charge >= 0.3 is 0 Å². The van der Waals surface area contributed by atoms with Gasteiger partial charge in [-0.2, -0.15) is 0 Å². The predicted octanol–water partition coefficient (Wildman–Crippen LogP) is 2.24. The first kappa shape index (κ1) is 14.5. The Hall–Kier alpha value is -1.92. The third kappa shape index (κ3) is 3.34. The molecule has 0 atom stereocenters. The van der Waals surface area contributed by atoms with E-state index in [1.54, 1.807) is 0 Å². The van der Waals surface area contributed by atoms with Gasteiger partial charge in [0.05, 0.1) is 11.3 Å². The van der Waals surface area contributed by atoms with Crippen molar-refractivity contribution in [2.45, 2.75) is 6.42 Å². The number of benzene rings is 1. The van der Waals surface area contributed by atoms with E-state index >= 15 is 0 Å². The Labute approximate surface area is 126 Å². The van der Waals surface area contributed by atoms with Crippen molar-refractivity contribution in [3.8, 4) is 0 Å². The number of aromatic amines is 1. The molecule has 0 saturated heterocycles. The van der Waals surface area contributed by atoms with E-state index < -0.39 is 0 Å². The van der Waals surface area contributed by atoms with Crippen molar-refractivity contribution < 1.29 is 0 Å². The first-order valence-corrected chi connectivity index (χ1v) is 6.72. The van der Waals surface area contributed by atoms with Gasteiger partial charge in [-0.3, -0.25) is 4.79 Å². The molecule has 0 bridgehead atoms. The van der Waals surface area contributed by atoms with E-state index in [9.17, 15) is 4.79 Å². The van der Waals surface area contributed by atoms with Crippen LogP contribution in [-0.2, 0) is 0 Å². The van der Waals surface area contributed by atoms with E-state index in [1.165, 1.54) is 6.33 Å². The number of aromatic nitrogens is 2. The summed E-state index contributed by atoms with van der Waals surface area (Å²) in [5, 5.41) is 0.0410. The summed E-state index contributed by atoms with van der Waals surface area (Å²) in [5.74, 6) is 0.387. The zero-order chi connectivity index (χ0) is 14.5. The van der Waals surface area contributed by atoms with Gasteiger partial charge < -0.3 is 15.6 Å². The zero-order valence-electron chi connectivity index (χ0n) is 10.5. The molecule has 5 nitrogen and oxygen atoms in total. The van der Waals surface area contributed by atoms with Gasteiger partial charge in [0.1, 0.15) is 5.02 Å². The number of H-pyrrole nitrogens is 1. The molecule has 0 amide bonds. The van der Waals surface area contributed by atoms with Crippen molar-refractivity contribution >= 4 is 40.3 Å². The molecular formula is C13H13ClN4OS. The average Bonchev–Trinajstić information content (AvgIpc) is 2.44. The van der Waals surface area contributed by atoms with E-state index in [-0.39, 0.29) is 10.6 Å². The highest BCUT2D eigenvalue weighted by Crippen LogP contribution is 2.27. The molecular weight excluding hydrogens is 296 g/mol. The predicted molar refractivity (Wildman–Crippen MR) is 84.7 cm³/mol. The molecule has 1 aromatic heterocycles. The molecule has 1 heterocycles. The third-order valence-electron chi connectivity index (χ3n) is 2.68. The molecule has 2 rings (SSSR count). The molecule has 0 aliphatic carbocycles. The number of thiocarbonyl (C=S) groups is 1. The molecule has 0 unspecified atom stereocenters. The summed E-state index contributed by atoms with van der Waals surface area (Å²) in [6.45, 7) is 0.496. The van der Waals surface area contributed by atoms with Crippen molar-refractivity contribution in [2.24, 2.45) is 5.73 Å². The highest BCUT2D eigenvalue weighted by atomic mass is 35.5. The summed E-state index contributed by atoms with van der Waals surface area (Å²) in [6.07, 6.45) is 1.81. The standard InChI is InChI=1S/C13H13ClN4OS/c14-11-12(16-8-17-13(11)19)18(7-6-10(15)20)9-4-2-1-3-5-9/h1-5,8H,6-7H2,(H2,15,20)(H,16,17,19). The fourth-order valence-electron chi connectivity index (χ4n) is 1.75. The topological polar surface area (TPSA) is 75.0 Å². The van der Waals surface area contributed by atoms with Gasteiger partial charge in [-0.15, -0.1) is 0 Å². The molecule has 0 aliphatic heterocycles. The average molecular weight is 309 g/mol. The summed E-state index contributed by atoms with van der Waals surface area (Å²) in [6, 6.07) is 9.49. The van der Waals surface area contributed by atoms with Crippen LogP contribution < -0.4 is 16.2 Å². The Kier molecular flexibility index (Phi) is 4.70. The van der Waals surface area contributed by atoms with Crippen molar-refractivity contribution in [1.82, 2.24) is 9.97 Å². The Morgan fingerprint density at radius 1 is 1.40 bits per heavy atom. The number of rotatable bonds is 5. The highest BCUT2D eigenvalue weighted by molar-refractivity contribution is 7.80. The Morgan fingerprint density at radius 3 is 2.75 bits per heavy atom. The normalized spacial score (nSPS) is 10.2. The van der Waals surface area contributed by atoms with Gasteiger partial charge in [0.25, 0.3) is 5.56 Å². The Morgan fingerprint density at radius 2 is 2.10 bits per heavy atom. The number of nitrogens with two attached hydrogens (primary N) is 1. The summed E-state index contributed by atoms with van der Waals surface area (Å²) in [5.41, 5.74) is 6.03. The van der Waals surface area contributed by atoms with Crippen LogP contribution in [0.5, 0.6) is 0 Å². The van der Waals surface area contributed by atoms with Crippen LogP contribution in [0.2, 0.25) is 5.02 Å². The van der Waals surface area contributed by atoms with Crippen molar-refractivity contribution in [3.63, 3.8) is 0 Å². The summed E-state index contributed by atoms with van der Waals surface area (Å²) >= 11 is 10.9. The first-order chi connectivity index (χ1) is 9.59. The van der Waals surface area contributed by atoms with Crippen LogP contribution in [0.3, 0.4) is 0 Å². The van der Waals surface area contributed by atoms with Crippen molar-refractivity contribution in [3.05, 3.63) is 52.0 Å². The summed E-state index contributed by atoms with van der Waals surface area (Å²) in [4.78, 5) is 20.4. The lowest BCUT2D eigenvalue weighted by Gasteiger charge is -2.24. The monoisotopic (exact) mass is 308 g/mol. The molecule has 7 heteroatoms. The quantitative estimate of drug-likeness (QED) is 0.829. The second-order valence-corrected chi connectivity index (χ2v) is 4.98. The summed E-state index contributed by atoms with van der Waals surface area (Å²) < 4.78 is 0. The van der Waals surface area contributed by atoms with Gasteiger partial charge in [-0.1, -0.05) is 42.0 Å². The van der Waals surface area contributed by atoms with E-state index in [4.69, 9.17) is 29.6 Å². The lowest BCUT2D eigenvalue weighted by molar-refractivity contribution is 0.930. The second-order valence-electron chi connectivity index (χ2n) is 4.07. The lowest BCUT2D eigenvalue weighted by atomic mass is 10.2. The minimum atomic E-state index is -0.382. The molecule has 0 saturated carbocycles. The van der Waals surface area contributed by atoms with Crippen LogP contribution in [0.4, 0.5) is 11.5 Å². The van der Waals surface area contributed by atoms with Crippen LogP contribution >= 0.6 is 23.8 Å².